The van der Waals surface area contributed by atoms with E-state index in [9.17, 15) is 13.2 Å². The monoisotopic (exact) mass is 266 g/mol. The van der Waals surface area contributed by atoms with Gasteiger partial charge in [-0.25, -0.2) is 8.42 Å². The maximum atomic E-state index is 11.6. The van der Waals surface area contributed by atoms with Crippen LogP contribution in [0.5, 0.6) is 0 Å². The highest BCUT2D eigenvalue weighted by Crippen LogP contribution is 2.06. The number of ether oxygens (including phenoxy) is 1. The van der Waals surface area contributed by atoms with E-state index in [4.69, 9.17) is 22.7 Å². The van der Waals surface area contributed by atoms with Gasteiger partial charge < -0.3 is 15.4 Å². The van der Waals surface area contributed by atoms with E-state index >= 15 is 0 Å². The highest BCUT2D eigenvalue weighted by molar-refractivity contribution is 7.91. The van der Waals surface area contributed by atoms with Gasteiger partial charge in [0.2, 0.25) is 5.91 Å². The first-order chi connectivity index (χ1) is 7.29. The Hall–Kier alpha value is -0.730. The van der Waals surface area contributed by atoms with Crippen LogP contribution in [0.15, 0.2) is 0 Å². The molecule has 1 fully saturated rings. The molecule has 6 nitrogen and oxygen atoms in total. The molecule has 1 atom stereocenters. The molecule has 0 aliphatic carbocycles. The van der Waals surface area contributed by atoms with Crippen molar-refractivity contribution in [3.8, 4) is 0 Å². The third-order valence-electron chi connectivity index (χ3n) is 2.12. The maximum Gasteiger partial charge on any atom is 0.237 e. The topological polar surface area (TPSA) is 89.7 Å². The van der Waals surface area contributed by atoms with Crippen LogP contribution in [-0.2, 0) is 19.4 Å². The van der Waals surface area contributed by atoms with Crippen LogP contribution in [-0.4, -0.2) is 62.0 Å². The lowest BCUT2D eigenvalue weighted by molar-refractivity contribution is -0.133. The van der Waals surface area contributed by atoms with Crippen molar-refractivity contribution < 1.29 is 17.9 Å². The number of sulfone groups is 1. The van der Waals surface area contributed by atoms with Gasteiger partial charge in [-0.3, -0.25) is 4.79 Å². The van der Waals surface area contributed by atoms with Gasteiger partial charge in [0, 0.05) is 12.8 Å². The first-order valence-electron chi connectivity index (χ1n) is 4.66. The van der Waals surface area contributed by atoms with Gasteiger partial charge >= 0.3 is 0 Å². The predicted molar refractivity (Wildman–Crippen MR) is 62.8 cm³/mol. The van der Waals surface area contributed by atoms with E-state index in [-0.39, 0.29) is 11.5 Å². The van der Waals surface area contributed by atoms with Crippen molar-refractivity contribution in [1.82, 2.24) is 4.90 Å². The lowest BCUT2D eigenvalue weighted by Gasteiger charge is -2.32. The minimum absolute atomic E-state index is 0.178. The Bertz CT molecular complexity index is 393. The molecule has 1 aliphatic heterocycles. The fraction of sp³-hybridized carbons (Fsp3) is 0.750. The molecule has 0 aromatic carbocycles. The van der Waals surface area contributed by atoms with Gasteiger partial charge in [0.1, 0.15) is 16.8 Å². The number of rotatable bonds is 3. The summed E-state index contributed by atoms with van der Waals surface area (Å²) in [5, 5.41) is 0. The number of nitrogens with zero attached hydrogens (tertiary/aromatic N) is 1. The van der Waals surface area contributed by atoms with Crippen molar-refractivity contribution in [3.63, 3.8) is 0 Å². The molecule has 0 saturated carbocycles. The second-order valence-electron chi connectivity index (χ2n) is 3.67. The Morgan fingerprint density at radius 1 is 1.62 bits per heavy atom. The van der Waals surface area contributed by atoms with Crippen LogP contribution in [0.3, 0.4) is 0 Å². The molecule has 1 heterocycles. The number of carbonyl (C=O) groups excluding carboxylic acids is 1. The number of nitrogens with two attached hydrogens (primary N) is 1. The lowest BCUT2D eigenvalue weighted by atomic mass is 10.2. The Balaban J connectivity index is 2.60. The smallest absolute Gasteiger partial charge is 0.237 e. The molecule has 1 aliphatic rings. The van der Waals surface area contributed by atoms with Crippen molar-refractivity contribution in [1.29, 1.82) is 0 Å². The molecule has 92 valence electrons. The summed E-state index contributed by atoms with van der Waals surface area (Å²) in [6, 6.07) is 0. The highest BCUT2D eigenvalue weighted by Gasteiger charge is 2.27. The first kappa shape index (κ1) is 13.3. The van der Waals surface area contributed by atoms with E-state index < -0.39 is 27.6 Å². The van der Waals surface area contributed by atoms with E-state index in [0.717, 1.165) is 6.26 Å². The Morgan fingerprint density at radius 3 is 2.75 bits per heavy atom. The molecular formula is C8H14N2O4S2. The third kappa shape index (κ3) is 4.03. The summed E-state index contributed by atoms with van der Waals surface area (Å²) in [6.45, 7) is 0.911. The second kappa shape index (κ2) is 5.07. The third-order valence-corrected chi connectivity index (χ3v) is 3.16. The molecule has 16 heavy (non-hydrogen) atoms. The summed E-state index contributed by atoms with van der Waals surface area (Å²) in [6.07, 6.45) is 0.545. The largest absolute Gasteiger partial charge is 0.391 e. The number of morpholine rings is 1. The van der Waals surface area contributed by atoms with Crippen LogP contribution in [0, 0.1) is 0 Å². The molecule has 1 rings (SSSR count). The van der Waals surface area contributed by atoms with Gasteiger partial charge in [-0.05, 0) is 0 Å². The molecular weight excluding hydrogens is 252 g/mol. The summed E-state index contributed by atoms with van der Waals surface area (Å²) < 4.78 is 27.2. The molecule has 1 amide bonds. The second-order valence-corrected chi connectivity index (χ2v) is 6.28. The molecule has 0 aromatic rings. The number of carbonyl (C=O) groups is 1. The van der Waals surface area contributed by atoms with E-state index in [1.807, 2.05) is 0 Å². The van der Waals surface area contributed by atoms with Gasteiger partial charge in [0.25, 0.3) is 0 Å². The van der Waals surface area contributed by atoms with Crippen molar-refractivity contribution >= 4 is 33.0 Å². The predicted octanol–water partition coefficient (Wildman–Crippen LogP) is -1.46. The van der Waals surface area contributed by atoms with Gasteiger partial charge in [-0.15, -0.1) is 0 Å². The van der Waals surface area contributed by atoms with Gasteiger partial charge in [0.05, 0.1) is 13.2 Å². The lowest BCUT2D eigenvalue weighted by Crippen LogP contribution is -2.51. The van der Waals surface area contributed by atoms with Crippen LogP contribution in [0.1, 0.15) is 0 Å². The zero-order valence-electron chi connectivity index (χ0n) is 8.88. The summed E-state index contributed by atoms with van der Waals surface area (Å²) in [7, 11) is -3.31. The zero-order chi connectivity index (χ0) is 12.3. The van der Waals surface area contributed by atoms with Gasteiger partial charge in [-0.2, -0.15) is 0 Å². The van der Waals surface area contributed by atoms with E-state index in [1.54, 1.807) is 0 Å². The number of hydrogen-bond donors (Lipinski definition) is 1. The number of thiocarbonyl (C=S) groups is 1. The molecule has 2 N–H and O–H groups in total. The van der Waals surface area contributed by atoms with Crippen LogP contribution in [0.4, 0.5) is 0 Å². The molecule has 1 saturated heterocycles. The highest BCUT2D eigenvalue weighted by atomic mass is 32.2. The number of hydrogen-bond acceptors (Lipinski definition) is 5. The quantitative estimate of drug-likeness (QED) is 0.628. The standard InChI is InChI=1S/C8H14N2O4S2/c1-16(12,13)5-7(11)10-2-3-14-6(4-10)8(9)15/h6H,2-5H2,1H3,(H2,9,15). The summed E-state index contributed by atoms with van der Waals surface area (Å²) in [4.78, 5) is 13.2. The average Bonchev–Trinajstić information content (AvgIpc) is 2.15. The summed E-state index contributed by atoms with van der Waals surface area (Å²) >= 11 is 4.76. The average molecular weight is 266 g/mol. The first-order valence-corrected chi connectivity index (χ1v) is 7.13. The van der Waals surface area contributed by atoms with Crippen LogP contribution >= 0.6 is 12.2 Å². The minimum atomic E-state index is -3.31. The maximum absolute atomic E-state index is 11.6. The molecule has 0 spiro atoms. The Kier molecular flexibility index (Phi) is 4.22. The van der Waals surface area contributed by atoms with E-state index in [1.165, 1.54) is 4.90 Å². The van der Waals surface area contributed by atoms with Gasteiger partial charge in [0.15, 0.2) is 9.84 Å². The number of amides is 1. The minimum Gasteiger partial charge on any atom is -0.391 e. The van der Waals surface area contributed by atoms with Crippen molar-refractivity contribution in [2.24, 2.45) is 5.73 Å². The zero-order valence-corrected chi connectivity index (χ0v) is 10.5. The van der Waals surface area contributed by atoms with E-state index in [0.29, 0.717) is 13.2 Å². The fourth-order valence-corrected chi connectivity index (χ4v) is 2.14. The Morgan fingerprint density at radius 2 is 2.25 bits per heavy atom. The van der Waals surface area contributed by atoms with Crippen LogP contribution in [0.25, 0.3) is 0 Å². The summed E-state index contributed by atoms with van der Waals surface area (Å²) in [5.74, 6) is -0.927. The molecule has 8 heteroatoms. The SMILES string of the molecule is CS(=O)(=O)CC(=O)N1CCOC(C(N)=S)C1. The van der Waals surface area contributed by atoms with Crippen molar-refractivity contribution in [2.75, 3.05) is 31.7 Å². The molecule has 0 bridgehead atoms. The molecule has 0 aromatic heterocycles. The molecule has 0 radical (unpaired) electrons. The van der Waals surface area contributed by atoms with E-state index in [2.05, 4.69) is 0 Å². The van der Waals surface area contributed by atoms with Crippen LogP contribution < -0.4 is 5.73 Å². The summed E-state index contributed by atoms with van der Waals surface area (Å²) in [5.41, 5.74) is 5.41. The van der Waals surface area contributed by atoms with Crippen molar-refractivity contribution in [3.05, 3.63) is 0 Å². The molecule has 1 unspecified atom stereocenters. The van der Waals surface area contributed by atoms with Gasteiger partial charge in [-0.1, -0.05) is 12.2 Å². The van der Waals surface area contributed by atoms with Crippen LogP contribution in [0.2, 0.25) is 0 Å². The normalized spacial score (nSPS) is 21.8. The van der Waals surface area contributed by atoms with Crippen molar-refractivity contribution in [2.45, 2.75) is 6.10 Å². The Labute approximate surface area is 99.6 Å². The fourth-order valence-electron chi connectivity index (χ4n) is 1.36.